The predicted molar refractivity (Wildman–Crippen MR) is 139 cm³/mol. The molecule has 5 heterocycles. The SMILES string of the molecule is O=C(COC(=O)c1ccc2nc(-c3ccco3)c(-c3ccco3)nc2c1)Nc1nc(-c2cccs2)cs1. The highest BCUT2D eigenvalue weighted by Crippen LogP contribution is 2.32. The van der Waals surface area contributed by atoms with Crippen LogP contribution in [0.5, 0.6) is 0 Å². The Morgan fingerprint density at radius 1 is 0.865 bits per heavy atom. The van der Waals surface area contributed by atoms with Crippen molar-refractivity contribution < 1.29 is 23.2 Å². The van der Waals surface area contributed by atoms with Crippen molar-refractivity contribution in [3.63, 3.8) is 0 Å². The second kappa shape index (κ2) is 9.80. The Bertz CT molecular complexity index is 1690. The minimum absolute atomic E-state index is 0.236. The molecule has 1 amide bonds. The fraction of sp³-hybridized carbons (Fsp3) is 0.0385. The Balaban J connectivity index is 1.18. The maximum Gasteiger partial charge on any atom is 0.338 e. The number of carbonyl (C=O) groups excluding carboxylic acids is 2. The lowest BCUT2D eigenvalue weighted by Gasteiger charge is -2.08. The van der Waals surface area contributed by atoms with Gasteiger partial charge in [0.05, 0.1) is 39.7 Å². The molecular weight excluding hydrogens is 512 g/mol. The van der Waals surface area contributed by atoms with Gasteiger partial charge in [-0.05, 0) is 53.9 Å². The van der Waals surface area contributed by atoms with Crippen LogP contribution in [0.15, 0.2) is 86.7 Å². The van der Waals surface area contributed by atoms with Crippen LogP contribution >= 0.6 is 22.7 Å². The van der Waals surface area contributed by atoms with Crippen molar-refractivity contribution in [3.8, 4) is 33.5 Å². The molecule has 1 N–H and O–H groups in total. The van der Waals surface area contributed by atoms with Gasteiger partial charge in [0.25, 0.3) is 5.91 Å². The van der Waals surface area contributed by atoms with Crippen molar-refractivity contribution in [1.82, 2.24) is 15.0 Å². The standard InChI is InChI=1S/C26H16N4O5S2/c31-22(30-26-29-18(14-37-26)21-6-3-11-36-21)13-35-25(32)15-7-8-16-17(12-15)28-24(20-5-2-10-34-20)23(27-16)19-4-1-9-33-19/h1-12,14H,13H2,(H,29,30,31). The molecule has 6 aromatic rings. The van der Waals surface area contributed by atoms with Gasteiger partial charge in [-0.15, -0.1) is 22.7 Å². The highest BCUT2D eigenvalue weighted by Gasteiger charge is 2.19. The van der Waals surface area contributed by atoms with Gasteiger partial charge in [-0.1, -0.05) is 6.07 Å². The van der Waals surface area contributed by atoms with Gasteiger partial charge in [-0.25, -0.2) is 19.7 Å². The van der Waals surface area contributed by atoms with Gasteiger partial charge >= 0.3 is 5.97 Å². The summed E-state index contributed by atoms with van der Waals surface area (Å²) in [6, 6.07) is 15.8. The smallest absolute Gasteiger partial charge is 0.338 e. The average molecular weight is 529 g/mol. The number of ether oxygens (including phenoxy) is 1. The van der Waals surface area contributed by atoms with Gasteiger partial charge in [0, 0.05) is 5.38 Å². The fourth-order valence-electron chi connectivity index (χ4n) is 3.59. The summed E-state index contributed by atoms with van der Waals surface area (Å²) in [7, 11) is 0. The van der Waals surface area contributed by atoms with Gasteiger partial charge in [-0.2, -0.15) is 0 Å². The lowest BCUT2D eigenvalue weighted by Crippen LogP contribution is -2.20. The summed E-state index contributed by atoms with van der Waals surface area (Å²) in [5.41, 5.74) is 3.03. The topological polar surface area (TPSA) is 120 Å². The molecule has 0 fully saturated rings. The second-order valence-electron chi connectivity index (χ2n) is 7.72. The van der Waals surface area contributed by atoms with Crippen LogP contribution in [0.2, 0.25) is 0 Å². The number of thiophene rings is 1. The number of amides is 1. The first-order chi connectivity index (χ1) is 18.1. The number of thiazole rings is 1. The van der Waals surface area contributed by atoms with E-state index in [9.17, 15) is 9.59 Å². The molecule has 0 aliphatic heterocycles. The van der Waals surface area contributed by atoms with E-state index in [1.165, 1.54) is 11.3 Å². The Labute approximate surface area is 217 Å². The molecule has 0 unspecified atom stereocenters. The third-order valence-corrected chi connectivity index (χ3v) is 6.92. The number of aromatic nitrogens is 3. The number of rotatable bonds is 7. The van der Waals surface area contributed by atoms with Crippen LogP contribution in [0, 0.1) is 0 Å². The van der Waals surface area contributed by atoms with Gasteiger partial charge in [-0.3, -0.25) is 10.1 Å². The molecule has 0 aliphatic carbocycles. The average Bonchev–Trinajstić information content (AvgIpc) is 3.73. The van der Waals surface area contributed by atoms with Gasteiger partial charge in [0.2, 0.25) is 0 Å². The molecule has 0 atom stereocenters. The molecule has 11 heteroatoms. The predicted octanol–water partition coefficient (Wildman–Crippen LogP) is 6.13. The minimum atomic E-state index is -0.660. The zero-order valence-corrected chi connectivity index (χ0v) is 20.5. The molecule has 0 aliphatic rings. The first-order valence-corrected chi connectivity index (χ1v) is 12.8. The summed E-state index contributed by atoms with van der Waals surface area (Å²) in [6.07, 6.45) is 3.10. The van der Waals surface area contributed by atoms with E-state index in [1.807, 2.05) is 22.9 Å². The minimum Gasteiger partial charge on any atom is -0.463 e. The molecule has 0 spiro atoms. The van der Waals surface area contributed by atoms with E-state index in [-0.39, 0.29) is 5.56 Å². The van der Waals surface area contributed by atoms with Crippen LogP contribution in [-0.4, -0.2) is 33.4 Å². The van der Waals surface area contributed by atoms with Crippen molar-refractivity contribution >= 4 is 50.7 Å². The number of carbonyl (C=O) groups is 2. The van der Waals surface area contributed by atoms with Crippen LogP contribution in [0.25, 0.3) is 44.5 Å². The van der Waals surface area contributed by atoms with Crippen molar-refractivity contribution in [2.75, 3.05) is 11.9 Å². The molecule has 0 saturated heterocycles. The second-order valence-corrected chi connectivity index (χ2v) is 9.52. The fourth-order valence-corrected chi connectivity index (χ4v) is 5.08. The van der Waals surface area contributed by atoms with E-state index in [4.69, 9.17) is 13.6 Å². The zero-order chi connectivity index (χ0) is 25.2. The van der Waals surface area contributed by atoms with Crippen LogP contribution < -0.4 is 5.32 Å². The lowest BCUT2D eigenvalue weighted by molar-refractivity contribution is -0.119. The van der Waals surface area contributed by atoms with E-state index in [1.54, 1.807) is 66.3 Å². The quantitative estimate of drug-likeness (QED) is 0.246. The van der Waals surface area contributed by atoms with E-state index in [0.29, 0.717) is 39.1 Å². The Hall–Kier alpha value is -4.61. The van der Waals surface area contributed by atoms with E-state index >= 15 is 0 Å². The summed E-state index contributed by atoms with van der Waals surface area (Å²) >= 11 is 2.87. The molecule has 5 aromatic heterocycles. The van der Waals surface area contributed by atoms with E-state index < -0.39 is 18.5 Å². The van der Waals surface area contributed by atoms with Crippen LogP contribution in [0.4, 0.5) is 5.13 Å². The number of hydrogen-bond acceptors (Lipinski definition) is 10. The number of fused-ring (bicyclic) bond motifs is 1. The molecular formula is C26H16N4O5S2. The number of hydrogen-bond donors (Lipinski definition) is 1. The van der Waals surface area contributed by atoms with Crippen molar-refractivity contribution in [2.45, 2.75) is 0 Å². The summed E-state index contributed by atoms with van der Waals surface area (Å²) in [6.45, 7) is -0.453. The van der Waals surface area contributed by atoms with E-state index in [0.717, 1.165) is 10.6 Å². The number of anilines is 1. The van der Waals surface area contributed by atoms with Crippen LogP contribution in [0.3, 0.4) is 0 Å². The summed E-state index contributed by atoms with van der Waals surface area (Å²) in [5.74, 6) is -0.0935. The maximum absolute atomic E-state index is 12.7. The largest absolute Gasteiger partial charge is 0.463 e. The summed E-state index contributed by atoms with van der Waals surface area (Å²) in [5, 5.41) is 6.91. The molecule has 37 heavy (non-hydrogen) atoms. The van der Waals surface area contributed by atoms with Gasteiger partial charge < -0.3 is 13.6 Å². The molecule has 9 nitrogen and oxygen atoms in total. The highest BCUT2D eigenvalue weighted by molar-refractivity contribution is 7.16. The lowest BCUT2D eigenvalue weighted by atomic mass is 10.1. The molecule has 0 saturated carbocycles. The van der Waals surface area contributed by atoms with Gasteiger partial charge in [0.15, 0.2) is 23.3 Å². The molecule has 182 valence electrons. The monoisotopic (exact) mass is 528 g/mol. The van der Waals surface area contributed by atoms with E-state index in [2.05, 4.69) is 20.3 Å². The Kier molecular flexibility index (Phi) is 6.05. The number of nitrogens with zero attached hydrogens (tertiary/aromatic N) is 3. The molecule has 6 rings (SSSR count). The van der Waals surface area contributed by atoms with Crippen LogP contribution in [0.1, 0.15) is 10.4 Å². The number of benzene rings is 1. The molecule has 0 radical (unpaired) electrons. The Morgan fingerprint density at radius 2 is 1.62 bits per heavy atom. The normalized spacial score (nSPS) is 11.0. The number of nitrogens with one attached hydrogen (secondary N) is 1. The van der Waals surface area contributed by atoms with Crippen molar-refractivity contribution in [2.24, 2.45) is 0 Å². The first kappa shape index (κ1) is 22.8. The number of furan rings is 2. The summed E-state index contributed by atoms with van der Waals surface area (Å²) in [4.78, 5) is 39.8. The van der Waals surface area contributed by atoms with Crippen molar-refractivity contribution in [1.29, 1.82) is 0 Å². The third kappa shape index (κ3) is 4.77. The maximum atomic E-state index is 12.7. The third-order valence-electron chi connectivity index (χ3n) is 5.27. The van der Waals surface area contributed by atoms with Gasteiger partial charge in [0.1, 0.15) is 11.4 Å². The van der Waals surface area contributed by atoms with Crippen LogP contribution in [-0.2, 0) is 9.53 Å². The summed E-state index contributed by atoms with van der Waals surface area (Å²) < 4.78 is 16.3. The number of esters is 1. The molecule has 1 aromatic carbocycles. The Morgan fingerprint density at radius 3 is 2.30 bits per heavy atom. The van der Waals surface area contributed by atoms with Crippen molar-refractivity contribution in [3.05, 3.63) is 83.4 Å². The zero-order valence-electron chi connectivity index (χ0n) is 18.9. The first-order valence-electron chi connectivity index (χ1n) is 11.0. The molecule has 0 bridgehead atoms. The highest BCUT2D eigenvalue weighted by atomic mass is 32.1.